The Balaban J connectivity index is 1.39. The molecule has 44 heavy (non-hydrogen) atoms. The third-order valence-electron chi connectivity index (χ3n) is 13.3. The predicted octanol–water partition coefficient (Wildman–Crippen LogP) is 5.08. The van der Waals surface area contributed by atoms with Crippen molar-refractivity contribution >= 4 is 5.78 Å². The number of hydrogen-bond acceptors (Lipinski definition) is 8. The van der Waals surface area contributed by atoms with Gasteiger partial charge < -0.3 is 34.6 Å². The molecule has 2 heterocycles. The molecule has 0 radical (unpaired) electrons. The smallest absolute Gasteiger partial charge is 0.187 e. The minimum absolute atomic E-state index is 0.0316. The number of rotatable bonds is 4. The van der Waals surface area contributed by atoms with E-state index in [4.69, 9.17) is 14.2 Å². The van der Waals surface area contributed by atoms with Crippen LogP contribution in [-0.2, 0) is 19.0 Å². The quantitative estimate of drug-likeness (QED) is 0.321. The zero-order chi connectivity index (χ0) is 32.6. The second-order valence-electron chi connectivity index (χ2n) is 17.0. The average Bonchev–Trinajstić information content (AvgIpc) is 3.18. The van der Waals surface area contributed by atoms with E-state index in [0.29, 0.717) is 24.7 Å². The Labute approximate surface area is 264 Å². The maximum Gasteiger partial charge on any atom is 0.187 e. The molecule has 0 aromatic rings. The Hall–Kier alpha value is -0.870. The van der Waals surface area contributed by atoms with Crippen LogP contribution < -0.4 is 0 Å². The van der Waals surface area contributed by atoms with Gasteiger partial charge in [0, 0.05) is 11.8 Å². The lowest BCUT2D eigenvalue weighted by Gasteiger charge is -2.54. The van der Waals surface area contributed by atoms with Gasteiger partial charge in [-0.25, -0.2) is 0 Å². The lowest BCUT2D eigenvalue weighted by atomic mass is 9.56. The summed E-state index contributed by atoms with van der Waals surface area (Å²) < 4.78 is 19.0. The number of Topliss-reactive ketones (excluding diaryl/α,β-unsaturated/α-hetero) is 1. The molecular weight excluding hydrogens is 560 g/mol. The summed E-state index contributed by atoms with van der Waals surface area (Å²) in [6, 6.07) is 0. The molecule has 2 aliphatic heterocycles. The van der Waals surface area contributed by atoms with E-state index in [-0.39, 0.29) is 34.6 Å². The molecule has 0 aromatic carbocycles. The highest BCUT2D eigenvalue weighted by Crippen LogP contribution is 2.60. The number of ether oxygens (including phenoxy) is 3. The molecule has 13 atom stereocenters. The van der Waals surface area contributed by atoms with Crippen LogP contribution in [0, 0.1) is 34.5 Å². The van der Waals surface area contributed by atoms with Crippen molar-refractivity contribution in [2.75, 3.05) is 0 Å². The average molecular weight is 621 g/mol. The zero-order valence-electron chi connectivity index (χ0n) is 28.6. The van der Waals surface area contributed by atoms with E-state index in [1.165, 1.54) is 5.57 Å². The first-order chi connectivity index (χ1) is 20.2. The summed E-state index contributed by atoms with van der Waals surface area (Å²) in [5, 5.41) is 43.1. The van der Waals surface area contributed by atoms with E-state index in [1.54, 1.807) is 6.92 Å². The number of ketones is 1. The fourth-order valence-corrected chi connectivity index (χ4v) is 10.3. The van der Waals surface area contributed by atoms with Crippen LogP contribution in [0.3, 0.4) is 0 Å². The lowest BCUT2D eigenvalue weighted by molar-refractivity contribution is -0.323. The molecular formula is C36H60O8. The topological polar surface area (TPSA) is 126 Å². The fourth-order valence-electron chi connectivity index (χ4n) is 10.3. The van der Waals surface area contributed by atoms with Crippen molar-refractivity contribution < 1.29 is 39.4 Å². The summed E-state index contributed by atoms with van der Waals surface area (Å²) in [6.07, 6.45) is 4.10. The maximum atomic E-state index is 13.0. The second-order valence-corrected chi connectivity index (χ2v) is 17.0. The van der Waals surface area contributed by atoms with Gasteiger partial charge in [0.25, 0.3) is 0 Å². The number of hydrogen-bond donors (Lipinski definition) is 4. The number of aliphatic hydroxyl groups excluding tert-OH is 3. The molecule has 3 saturated carbocycles. The van der Waals surface area contributed by atoms with Crippen LogP contribution in [0.2, 0.25) is 0 Å². The molecule has 5 fully saturated rings. The molecule has 0 aromatic heterocycles. The Morgan fingerprint density at radius 2 is 1.55 bits per heavy atom. The first-order valence-electron chi connectivity index (χ1n) is 17.3. The van der Waals surface area contributed by atoms with Crippen LogP contribution >= 0.6 is 0 Å². The SMILES string of the molecule is C[C@@H]1O[C@@H](O[C@]2(C)CC[C@@H]3[C@H]2CC[C@H](C)C(=CC[C@@H]2[C@@]4(C)CCC(=O)C(C)(C)O[C@@H]4CC[C@]2(C)O)C3(C)C)[C@H](O)[C@H](O)[C@H]1O. The van der Waals surface area contributed by atoms with Crippen LogP contribution in [0.1, 0.15) is 120 Å². The summed E-state index contributed by atoms with van der Waals surface area (Å²) in [4.78, 5) is 13.0. The molecule has 5 aliphatic rings. The summed E-state index contributed by atoms with van der Waals surface area (Å²) in [5.74, 6) is 1.07. The van der Waals surface area contributed by atoms with E-state index in [1.807, 2.05) is 20.8 Å². The number of allylic oxidation sites excluding steroid dienone is 2. The van der Waals surface area contributed by atoms with Gasteiger partial charge in [-0.05, 0) is 115 Å². The summed E-state index contributed by atoms with van der Waals surface area (Å²) in [6.45, 7) is 18.8. The summed E-state index contributed by atoms with van der Waals surface area (Å²) in [5.41, 5.74) is -1.17. The zero-order valence-corrected chi connectivity index (χ0v) is 28.6. The molecule has 4 N–H and O–H groups in total. The number of carbonyl (C=O) groups is 1. The normalized spacial score (nSPS) is 51.8. The van der Waals surface area contributed by atoms with E-state index in [0.717, 1.165) is 44.9 Å². The van der Waals surface area contributed by atoms with Crippen molar-refractivity contribution in [3.8, 4) is 0 Å². The number of aliphatic hydroxyl groups is 4. The lowest BCUT2D eigenvalue weighted by Crippen LogP contribution is -2.59. The van der Waals surface area contributed by atoms with Gasteiger partial charge in [0.2, 0.25) is 0 Å². The van der Waals surface area contributed by atoms with Crippen molar-refractivity contribution in [3.63, 3.8) is 0 Å². The molecule has 2 saturated heterocycles. The third-order valence-corrected chi connectivity index (χ3v) is 13.3. The number of fused-ring (bicyclic) bond motifs is 2. The van der Waals surface area contributed by atoms with Gasteiger partial charge in [-0.1, -0.05) is 39.3 Å². The van der Waals surface area contributed by atoms with Crippen molar-refractivity contribution in [2.45, 2.75) is 174 Å². The monoisotopic (exact) mass is 620 g/mol. The second kappa shape index (κ2) is 11.7. The van der Waals surface area contributed by atoms with Gasteiger partial charge in [0.15, 0.2) is 12.1 Å². The predicted molar refractivity (Wildman–Crippen MR) is 168 cm³/mol. The molecule has 0 unspecified atom stereocenters. The third kappa shape index (κ3) is 5.77. The molecule has 8 nitrogen and oxygen atoms in total. The highest BCUT2D eigenvalue weighted by atomic mass is 16.7. The molecule has 252 valence electrons. The molecule has 0 bridgehead atoms. The van der Waals surface area contributed by atoms with Gasteiger partial charge in [-0.3, -0.25) is 4.79 Å². The maximum absolute atomic E-state index is 13.0. The van der Waals surface area contributed by atoms with Crippen molar-refractivity contribution in [1.82, 2.24) is 0 Å². The summed E-state index contributed by atoms with van der Waals surface area (Å²) >= 11 is 0. The van der Waals surface area contributed by atoms with Gasteiger partial charge in [0.1, 0.15) is 23.9 Å². The highest BCUT2D eigenvalue weighted by Gasteiger charge is 2.58. The molecule has 5 rings (SSSR count). The standard InChI is InChI=1S/C36H60O8/c1-20-10-11-24-23(14-19-36(24,9)44-31-30(40)29(39)28(38)21(2)42-31)32(3,4)22(20)12-13-25-34(7)17-15-26(37)33(5,6)43-27(34)16-18-35(25,8)41/h12,20-21,23-25,27-31,38-41H,10-11,13-19H2,1-9H3/t20-,21-,23+,24+,25+,27+,28-,29+,30+,31-,34+,35-,36+/m0/s1. The highest BCUT2D eigenvalue weighted by molar-refractivity contribution is 5.86. The van der Waals surface area contributed by atoms with Crippen LogP contribution in [-0.4, -0.2) is 79.8 Å². The van der Waals surface area contributed by atoms with Crippen molar-refractivity contribution in [3.05, 3.63) is 11.6 Å². The first-order valence-corrected chi connectivity index (χ1v) is 17.3. The van der Waals surface area contributed by atoms with E-state index in [9.17, 15) is 25.2 Å². The minimum atomic E-state index is -1.31. The van der Waals surface area contributed by atoms with E-state index < -0.39 is 47.5 Å². The van der Waals surface area contributed by atoms with Crippen molar-refractivity contribution in [1.29, 1.82) is 0 Å². The molecule has 0 spiro atoms. The van der Waals surface area contributed by atoms with Crippen LogP contribution in [0.4, 0.5) is 0 Å². The van der Waals surface area contributed by atoms with Gasteiger partial charge in [-0.15, -0.1) is 0 Å². The van der Waals surface area contributed by atoms with Crippen LogP contribution in [0.5, 0.6) is 0 Å². The molecule has 3 aliphatic carbocycles. The Morgan fingerprint density at radius 3 is 2.23 bits per heavy atom. The Bertz CT molecular complexity index is 1110. The largest absolute Gasteiger partial charge is 0.390 e. The Morgan fingerprint density at radius 1 is 0.864 bits per heavy atom. The van der Waals surface area contributed by atoms with Gasteiger partial charge in [0.05, 0.1) is 23.4 Å². The van der Waals surface area contributed by atoms with E-state index >= 15 is 0 Å². The number of carbonyl (C=O) groups excluding carboxylic acids is 1. The van der Waals surface area contributed by atoms with Crippen LogP contribution in [0.15, 0.2) is 11.6 Å². The first kappa shape index (κ1) is 34.5. The fraction of sp³-hybridized carbons (Fsp3) is 0.917. The van der Waals surface area contributed by atoms with Crippen LogP contribution in [0.25, 0.3) is 0 Å². The van der Waals surface area contributed by atoms with Gasteiger partial charge in [-0.2, -0.15) is 0 Å². The van der Waals surface area contributed by atoms with Gasteiger partial charge >= 0.3 is 0 Å². The van der Waals surface area contributed by atoms with Crippen molar-refractivity contribution in [2.24, 2.45) is 34.5 Å². The summed E-state index contributed by atoms with van der Waals surface area (Å²) in [7, 11) is 0. The van der Waals surface area contributed by atoms with E-state index in [2.05, 4.69) is 40.7 Å². The Kier molecular flexibility index (Phi) is 9.15. The minimum Gasteiger partial charge on any atom is -0.390 e. The molecule has 0 amide bonds. The molecule has 8 heteroatoms.